The Labute approximate surface area is 238 Å². The van der Waals surface area contributed by atoms with Gasteiger partial charge in [0.05, 0.1) is 46.1 Å². The zero-order chi connectivity index (χ0) is 28.6. The molecule has 1 saturated heterocycles. The van der Waals surface area contributed by atoms with Gasteiger partial charge in [-0.25, -0.2) is 9.79 Å². The minimum absolute atomic E-state index is 0.0790. The van der Waals surface area contributed by atoms with E-state index >= 15 is 0 Å². The van der Waals surface area contributed by atoms with Gasteiger partial charge >= 0.3 is 5.97 Å². The third-order valence-corrected chi connectivity index (χ3v) is 7.87. The Hall–Kier alpha value is -3.80. The smallest absolute Gasteiger partial charge is 0.338 e. The lowest BCUT2D eigenvalue weighted by molar-refractivity contribution is -0.384. The predicted octanol–water partition coefficient (Wildman–Crippen LogP) is 3.59. The second-order valence-corrected chi connectivity index (χ2v) is 11.1. The number of carbonyl (C=O) groups excluding carboxylic acids is 1. The van der Waals surface area contributed by atoms with Crippen LogP contribution in [0.25, 0.3) is 6.08 Å². The van der Waals surface area contributed by atoms with Crippen LogP contribution < -0.4 is 19.8 Å². The zero-order valence-electron chi connectivity index (χ0n) is 22.1. The van der Waals surface area contributed by atoms with Crippen LogP contribution in [-0.4, -0.2) is 47.9 Å². The van der Waals surface area contributed by atoms with E-state index in [0.717, 1.165) is 17.0 Å². The number of allylic oxidation sites excluding steroid dienone is 1. The van der Waals surface area contributed by atoms with E-state index in [1.807, 2.05) is 0 Å². The van der Waals surface area contributed by atoms with Crippen LogP contribution in [-0.2, 0) is 14.3 Å². The summed E-state index contributed by atoms with van der Waals surface area (Å²) in [5.74, 6) is -0.557. The normalized spacial score (nSPS) is 17.6. The van der Waals surface area contributed by atoms with Crippen molar-refractivity contribution in [2.75, 3.05) is 31.2 Å². The number of thiazole rings is 1. The number of esters is 1. The van der Waals surface area contributed by atoms with Crippen LogP contribution >= 0.6 is 22.9 Å². The van der Waals surface area contributed by atoms with E-state index in [1.54, 1.807) is 57.2 Å². The van der Waals surface area contributed by atoms with Gasteiger partial charge in [-0.05, 0) is 50.6 Å². The van der Waals surface area contributed by atoms with Gasteiger partial charge < -0.3 is 14.4 Å². The van der Waals surface area contributed by atoms with Gasteiger partial charge in [0.25, 0.3) is 11.2 Å². The minimum atomic E-state index is -0.786. The van der Waals surface area contributed by atoms with E-state index in [-0.39, 0.29) is 22.9 Å². The van der Waals surface area contributed by atoms with Gasteiger partial charge in [-0.2, -0.15) is 0 Å². The molecule has 0 spiro atoms. The van der Waals surface area contributed by atoms with Crippen LogP contribution in [0.2, 0.25) is 5.02 Å². The maximum absolute atomic E-state index is 14.0. The predicted molar refractivity (Wildman–Crippen MR) is 153 cm³/mol. The van der Waals surface area contributed by atoms with Crippen molar-refractivity contribution in [2.24, 2.45) is 4.99 Å². The number of morpholine rings is 1. The molecular formula is C28H27ClN4O6S. The monoisotopic (exact) mass is 582 g/mol. The van der Waals surface area contributed by atoms with Crippen LogP contribution in [0.15, 0.2) is 63.5 Å². The molecule has 2 aliphatic rings. The summed E-state index contributed by atoms with van der Waals surface area (Å²) in [5, 5.41) is 12.1. The van der Waals surface area contributed by atoms with Gasteiger partial charge in [0, 0.05) is 41.5 Å². The third-order valence-electron chi connectivity index (χ3n) is 6.63. The summed E-state index contributed by atoms with van der Waals surface area (Å²) in [7, 11) is 0. The van der Waals surface area contributed by atoms with E-state index in [2.05, 4.69) is 9.89 Å². The molecule has 1 atom stereocenters. The van der Waals surface area contributed by atoms with E-state index in [0.29, 0.717) is 57.5 Å². The zero-order valence-corrected chi connectivity index (χ0v) is 23.7. The van der Waals surface area contributed by atoms with Crippen molar-refractivity contribution in [3.8, 4) is 0 Å². The summed E-state index contributed by atoms with van der Waals surface area (Å²) >= 11 is 7.30. The first-order valence-electron chi connectivity index (χ1n) is 12.7. The highest BCUT2D eigenvalue weighted by Crippen LogP contribution is 2.32. The molecular weight excluding hydrogens is 556 g/mol. The van der Waals surface area contributed by atoms with Crippen molar-refractivity contribution in [2.45, 2.75) is 32.9 Å². The van der Waals surface area contributed by atoms with Crippen LogP contribution in [0.3, 0.4) is 0 Å². The molecule has 208 valence electrons. The molecule has 12 heteroatoms. The lowest BCUT2D eigenvalue weighted by atomic mass is 9.96. The second kappa shape index (κ2) is 11.4. The number of nitro groups is 1. The number of ether oxygens (including phenoxy) is 2. The number of anilines is 1. The molecule has 3 heterocycles. The first-order valence-corrected chi connectivity index (χ1v) is 13.9. The van der Waals surface area contributed by atoms with Crippen LogP contribution in [0.4, 0.5) is 11.4 Å². The van der Waals surface area contributed by atoms with Gasteiger partial charge in [0.15, 0.2) is 4.80 Å². The number of non-ortho nitro benzene ring substituents is 1. The number of benzene rings is 2. The number of rotatable bonds is 6. The number of aromatic nitrogens is 1. The number of halogens is 1. The van der Waals surface area contributed by atoms with E-state index < -0.39 is 16.9 Å². The largest absolute Gasteiger partial charge is 0.459 e. The second-order valence-electron chi connectivity index (χ2n) is 9.69. The van der Waals surface area contributed by atoms with Crippen molar-refractivity contribution >= 4 is 46.4 Å². The summed E-state index contributed by atoms with van der Waals surface area (Å²) in [5.41, 5.74) is 2.24. The molecule has 3 aromatic rings. The SMILES string of the molecule is CC1=C(C(=O)OC(C)C)C(c2ccc(Cl)cc2)n2c(sc(=Cc3cc([N+](=O)[O-])ccc3N3CCOCC3)c2=O)=N1. The molecule has 0 radical (unpaired) electrons. The Bertz CT molecular complexity index is 1690. The van der Waals surface area contributed by atoms with Crippen LogP contribution in [0, 0.1) is 10.1 Å². The molecule has 0 N–H and O–H groups in total. The van der Waals surface area contributed by atoms with E-state index in [4.69, 9.17) is 21.1 Å². The first kappa shape index (κ1) is 27.8. The number of hydrogen-bond acceptors (Lipinski definition) is 9. The maximum atomic E-state index is 14.0. The molecule has 2 aromatic carbocycles. The fourth-order valence-electron chi connectivity index (χ4n) is 4.83. The standard InChI is InChI=1S/C28H27ClN4O6S/c1-16(2)39-27(35)24-17(3)30-28-32(25(24)18-4-6-20(29)7-5-18)26(34)23(40-28)15-19-14-21(33(36)37)8-9-22(19)31-10-12-38-13-11-31/h4-9,14-16,25H,10-13H2,1-3H3. The molecule has 1 unspecified atom stereocenters. The Morgan fingerprint density at radius 3 is 2.58 bits per heavy atom. The number of fused-ring (bicyclic) bond motifs is 1. The van der Waals surface area contributed by atoms with Crippen LogP contribution in [0.5, 0.6) is 0 Å². The number of nitrogens with zero attached hydrogens (tertiary/aromatic N) is 4. The van der Waals surface area contributed by atoms with Crippen molar-refractivity contribution in [3.05, 3.63) is 99.7 Å². The highest BCUT2D eigenvalue weighted by Gasteiger charge is 2.34. The number of carbonyl (C=O) groups is 1. The molecule has 2 aliphatic heterocycles. The summed E-state index contributed by atoms with van der Waals surface area (Å²) in [6, 6.07) is 10.8. The molecule has 0 amide bonds. The Kier molecular flexibility index (Phi) is 7.88. The molecule has 0 saturated carbocycles. The van der Waals surface area contributed by atoms with Crippen molar-refractivity contribution in [1.82, 2.24) is 4.57 Å². The number of hydrogen-bond donors (Lipinski definition) is 0. The Morgan fingerprint density at radius 1 is 1.23 bits per heavy atom. The maximum Gasteiger partial charge on any atom is 0.338 e. The Morgan fingerprint density at radius 2 is 1.93 bits per heavy atom. The van der Waals surface area contributed by atoms with Gasteiger partial charge in [-0.3, -0.25) is 19.5 Å². The van der Waals surface area contributed by atoms with Gasteiger partial charge in [-0.1, -0.05) is 35.1 Å². The minimum Gasteiger partial charge on any atom is -0.459 e. The average Bonchev–Trinajstić information content (AvgIpc) is 3.22. The van der Waals surface area contributed by atoms with Crippen molar-refractivity contribution in [3.63, 3.8) is 0 Å². The highest BCUT2D eigenvalue weighted by molar-refractivity contribution is 7.07. The summed E-state index contributed by atoms with van der Waals surface area (Å²) in [4.78, 5) is 45.4. The molecule has 1 fully saturated rings. The highest BCUT2D eigenvalue weighted by atomic mass is 35.5. The molecule has 5 rings (SSSR count). The topological polar surface area (TPSA) is 116 Å². The van der Waals surface area contributed by atoms with E-state index in [9.17, 15) is 19.7 Å². The third kappa shape index (κ3) is 5.45. The average molecular weight is 583 g/mol. The van der Waals surface area contributed by atoms with E-state index in [1.165, 1.54) is 16.7 Å². The fourth-order valence-corrected chi connectivity index (χ4v) is 5.99. The quantitative estimate of drug-likeness (QED) is 0.248. The lowest BCUT2D eigenvalue weighted by Gasteiger charge is -2.30. The molecule has 10 nitrogen and oxygen atoms in total. The van der Waals surface area contributed by atoms with Crippen LogP contribution in [0.1, 0.15) is 37.9 Å². The van der Waals surface area contributed by atoms with Crippen molar-refractivity contribution in [1.29, 1.82) is 0 Å². The molecule has 0 bridgehead atoms. The Balaban J connectivity index is 1.71. The number of nitro benzene ring substituents is 1. The molecule has 40 heavy (non-hydrogen) atoms. The van der Waals surface area contributed by atoms with Gasteiger partial charge in [0.2, 0.25) is 0 Å². The molecule has 0 aliphatic carbocycles. The lowest BCUT2D eigenvalue weighted by Crippen LogP contribution is -2.40. The summed E-state index contributed by atoms with van der Waals surface area (Å²) in [6.45, 7) is 7.54. The summed E-state index contributed by atoms with van der Waals surface area (Å²) in [6.07, 6.45) is 1.29. The fraction of sp³-hybridized carbons (Fsp3) is 0.321. The van der Waals surface area contributed by atoms with Crippen molar-refractivity contribution < 1.29 is 19.2 Å². The first-order chi connectivity index (χ1) is 19.1. The summed E-state index contributed by atoms with van der Waals surface area (Å²) < 4.78 is 12.8. The molecule has 1 aromatic heterocycles. The van der Waals surface area contributed by atoms with Gasteiger partial charge in [-0.15, -0.1) is 0 Å². The van der Waals surface area contributed by atoms with Gasteiger partial charge in [0.1, 0.15) is 0 Å².